The first-order chi connectivity index (χ1) is 7.99. The molecule has 3 atom stereocenters. The molecule has 0 aliphatic carbocycles. The second kappa shape index (κ2) is 4.41. The summed E-state index contributed by atoms with van der Waals surface area (Å²) < 4.78 is 6.21. The van der Waals surface area contributed by atoms with Gasteiger partial charge in [0.2, 0.25) is 0 Å². The van der Waals surface area contributed by atoms with Crippen molar-refractivity contribution in [2.24, 2.45) is 0 Å². The summed E-state index contributed by atoms with van der Waals surface area (Å²) in [6.07, 6.45) is -3.65. The quantitative estimate of drug-likeness (QED) is 0.426. The van der Waals surface area contributed by atoms with Gasteiger partial charge < -0.3 is 20.1 Å². The number of rotatable bonds is 2. The standard InChI is InChI=1S/C9H12N2O6/c12-4-3-6(17-7(4)8(14)15)11-2-1-5(13)10-9(11)16/h1-2,4,6-8,12,14-15H,3H2,(H,10,13,16)/t4-,6+,7-/m0/s1. The third-order valence-electron chi connectivity index (χ3n) is 2.59. The molecule has 0 spiro atoms. The number of aromatic nitrogens is 2. The number of nitrogens with zero attached hydrogens (tertiary/aromatic N) is 1. The van der Waals surface area contributed by atoms with Gasteiger partial charge >= 0.3 is 5.69 Å². The molecule has 0 saturated carbocycles. The molecule has 0 aromatic carbocycles. The number of hydrogen-bond donors (Lipinski definition) is 4. The molecule has 1 aliphatic heterocycles. The highest BCUT2D eigenvalue weighted by Crippen LogP contribution is 2.28. The zero-order valence-corrected chi connectivity index (χ0v) is 8.68. The van der Waals surface area contributed by atoms with E-state index in [0.29, 0.717) is 0 Å². The maximum atomic E-state index is 11.4. The van der Waals surface area contributed by atoms with Crippen LogP contribution in [0.3, 0.4) is 0 Å². The number of aliphatic hydroxyl groups is 3. The Labute approximate surface area is 94.7 Å². The van der Waals surface area contributed by atoms with Crippen LogP contribution in [0.4, 0.5) is 0 Å². The molecule has 0 amide bonds. The Kier molecular flexibility index (Phi) is 3.11. The topological polar surface area (TPSA) is 125 Å². The predicted molar refractivity (Wildman–Crippen MR) is 54.1 cm³/mol. The van der Waals surface area contributed by atoms with E-state index in [4.69, 9.17) is 14.9 Å². The van der Waals surface area contributed by atoms with Crippen LogP contribution in [0.5, 0.6) is 0 Å². The summed E-state index contributed by atoms with van der Waals surface area (Å²) in [7, 11) is 0. The van der Waals surface area contributed by atoms with E-state index in [2.05, 4.69) is 0 Å². The molecular formula is C9H12N2O6. The van der Waals surface area contributed by atoms with Gasteiger partial charge in [-0.05, 0) is 0 Å². The van der Waals surface area contributed by atoms with Crippen molar-refractivity contribution in [3.05, 3.63) is 33.1 Å². The molecule has 17 heavy (non-hydrogen) atoms. The van der Waals surface area contributed by atoms with Crippen LogP contribution in [0.2, 0.25) is 0 Å². The van der Waals surface area contributed by atoms with Crippen LogP contribution < -0.4 is 11.2 Å². The number of aromatic amines is 1. The minimum absolute atomic E-state index is 0.0359. The van der Waals surface area contributed by atoms with Gasteiger partial charge in [-0.1, -0.05) is 0 Å². The van der Waals surface area contributed by atoms with Crippen LogP contribution in [0.25, 0.3) is 0 Å². The number of nitrogens with one attached hydrogen (secondary N) is 1. The molecule has 8 heteroatoms. The average Bonchev–Trinajstić information content (AvgIpc) is 2.60. The third kappa shape index (κ3) is 2.29. The monoisotopic (exact) mass is 244 g/mol. The Morgan fingerprint density at radius 3 is 2.71 bits per heavy atom. The van der Waals surface area contributed by atoms with Gasteiger partial charge in [0.05, 0.1) is 6.10 Å². The van der Waals surface area contributed by atoms with Crippen LogP contribution in [0.15, 0.2) is 21.9 Å². The molecule has 2 rings (SSSR count). The summed E-state index contributed by atoms with van der Waals surface area (Å²) in [6.45, 7) is 0. The fourth-order valence-electron chi connectivity index (χ4n) is 1.77. The zero-order valence-electron chi connectivity index (χ0n) is 8.68. The van der Waals surface area contributed by atoms with Crippen molar-refractivity contribution in [2.75, 3.05) is 0 Å². The highest BCUT2D eigenvalue weighted by molar-refractivity contribution is 4.88. The van der Waals surface area contributed by atoms with Crippen molar-refractivity contribution in [2.45, 2.75) is 31.1 Å². The van der Waals surface area contributed by atoms with E-state index in [0.717, 1.165) is 10.6 Å². The SMILES string of the molecule is O=c1ccn([C@H]2C[C@H](O)[C@@H](C(O)O)O2)c(=O)[nH]1. The van der Waals surface area contributed by atoms with Crippen molar-refractivity contribution < 1.29 is 20.1 Å². The van der Waals surface area contributed by atoms with Crippen LogP contribution in [0, 0.1) is 0 Å². The van der Waals surface area contributed by atoms with Gasteiger partial charge in [0.15, 0.2) is 6.29 Å². The summed E-state index contributed by atoms with van der Waals surface area (Å²) in [4.78, 5) is 24.3. The van der Waals surface area contributed by atoms with Crippen LogP contribution in [0.1, 0.15) is 12.6 Å². The van der Waals surface area contributed by atoms with Crippen molar-refractivity contribution in [1.29, 1.82) is 0 Å². The molecule has 1 saturated heterocycles. The van der Waals surface area contributed by atoms with Gasteiger partial charge in [-0.3, -0.25) is 14.3 Å². The van der Waals surface area contributed by atoms with E-state index in [-0.39, 0.29) is 6.42 Å². The van der Waals surface area contributed by atoms with Gasteiger partial charge in [0.25, 0.3) is 5.56 Å². The first-order valence-electron chi connectivity index (χ1n) is 5.00. The van der Waals surface area contributed by atoms with Gasteiger partial charge in [0.1, 0.15) is 12.3 Å². The lowest BCUT2D eigenvalue weighted by atomic mass is 10.2. The van der Waals surface area contributed by atoms with Crippen molar-refractivity contribution in [3.8, 4) is 0 Å². The Morgan fingerprint density at radius 2 is 2.18 bits per heavy atom. The van der Waals surface area contributed by atoms with Crippen molar-refractivity contribution in [3.63, 3.8) is 0 Å². The van der Waals surface area contributed by atoms with E-state index in [9.17, 15) is 14.7 Å². The zero-order chi connectivity index (χ0) is 12.6. The molecule has 8 nitrogen and oxygen atoms in total. The maximum Gasteiger partial charge on any atom is 0.330 e. The predicted octanol–water partition coefficient (Wildman–Crippen LogP) is -2.50. The largest absolute Gasteiger partial charge is 0.390 e. The number of aliphatic hydroxyl groups excluding tert-OH is 2. The normalized spacial score (nSPS) is 28.8. The molecule has 4 N–H and O–H groups in total. The summed E-state index contributed by atoms with van der Waals surface area (Å²) in [5, 5.41) is 27.4. The highest BCUT2D eigenvalue weighted by atomic mass is 16.6. The van der Waals surface area contributed by atoms with Crippen LogP contribution >= 0.6 is 0 Å². The molecule has 2 heterocycles. The van der Waals surface area contributed by atoms with Gasteiger partial charge in [-0.2, -0.15) is 0 Å². The summed E-state index contributed by atoms with van der Waals surface area (Å²) in [5.41, 5.74) is -1.22. The first kappa shape index (κ1) is 12.0. The van der Waals surface area contributed by atoms with E-state index in [1.807, 2.05) is 4.98 Å². The Bertz CT molecular complexity index is 507. The molecule has 0 unspecified atom stereocenters. The Hall–Kier alpha value is -1.48. The lowest BCUT2D eigenvalue weighted by Crippen LogP contribution is -2.34. The highest BCUT2D eigenvalue weighted by Gasteiger charge is 2.39. The van der Waals surface area contributed by atoms with Gasteiger partial charge in [-0.25, -0.2) is 4.79 Å². The van der Waals surface area contributed by atoms with E-state index in [1.165, 1.54) is 6.20 Å². The van der Waals surface area contributed by atoms with Gasteiger partial charge in [-0.15, -0.1) is 0 Å². The fourth-order valence-corrected chi connectivity index (χ4v) is 1.77. The summed E-state index contributed by atoms with van der Waals surface area (Å²) in [6, 6.07) is 1.14. The van der Waals surface area contributed by atoms with E-state index < -0.39 is 36.0 Å². The number of hydrogen-bond acceptors (Lipinski definition) is 6. The average molecular weight is 244 g/mol. The fraction of sp³-hybridized carbons (Fsp3) is 0.556. The Morgan fingerprint density at radius 1 is 1.47 bits per heavy atom. The minimum Gasteiger partial charge on any atom is -0.390 e. The third-order valence-corrected chi connectivity index (χ3v) is 2.59. The smallest absolute Gasteiger partial charge is 0.330 e. The number of ether oxygens (including phenoxy) is 1. The molecule has 0 bridgehead atoms. The second-order valence-corrected chi connectivity index (χ2v) is 3.79. The maximum absolute atomic E-state index is 11.4. The van der Waals surface area contributed by atoms with Crippen LogP contribution in [-0.2, 0) is 4.74 Å². The molecule has 1 aromatic heterocycles. The molecule has 1 aliphatic rings. The van der Waals surface area contributed by atoms with E-state index >= 15 is 0 Å². The molecule has 1 fully saturated rings. The molecule has 1 aromatic rings. The summed E-state index contributed by atoms with van der Waals surface area (Å²) in [5.74, 6) is 0. The van der Waals surface area contributed by atoms with Crippen molar-refractivity contribution in [1.82, 2.24) is 9.55 Å². The van der Waals surface area contributed by atoms with E-state index in [1.54, 1.807) is 0 Å². The van der Waals surface area contributed by atoms with Crippen molar-refractivity contribution >= 4 is 0 Å². The summed E-state index contributed by atoms with van der Waals surface area (Å²) >= 11 is 0. The first-order valence-corrected chi connectivity index (χ1v) is 5.00. The second-order valence-electron chi connectivity index (χ2n) is 3.79. The minimum atomic E-state index is -1.83. The number of H-pyrrole nitrogens is 1. The molecule has 0 radical (unpaired) electrons. The molecular weight excluding hydrogens is 232 g/mol. The lowest BCUT2D eigenvalue weighted by molar-refractivity contribution is -0.168. The Balaban J connectivity index is 2.26. The lowest BCUT2D eigenvalue weighted by Gasteiger charge is -2.16. The van der Waals surface area contributed by atoms with Crippen LogP contribution in [-0.4, -0.2) is 43.4 Å². The molecule has 94 valence electrons. The van der Waals surface area contributed by atoms with Gasteiger partial charge in [0, 0.05) is 18.7 Å².